The van der Waals surface area contributed by atoms with Gasteiger partial charge < -0.3 is 10.5 Å². The predicted octanol–water partition coefficient (Wildman–Crippen LogP) is 2.66. The number of nitrogens with two attached hydrogens (primary N) is 1. The summed E-state index contributed by atoms with van der Waals surface area (Å²) in [5.74, 6) is 0.620. The standard InChI is InChI=1S/C12H16ClNO2/c1-16-12-6-5-9(13)8-10(12)11(15)4-2-3-7-14/h5-6,8H,2-4,7,14H2,1H3. The second kappa shape index (κ2) is 6.51. The number of benzene rings is 1. The molecule has 1 aromatic carbocycles. The lowest BCUT2D eigenvalue weighted by atomic mass is 10.0. The highest BCUT2D eigenvalue weighted by atomic mass is 35.5. The number of rotatable bonds is 6. The van der Waals surface area contributed by atoms with Crippen LogP contribution in [0, 0.1) is 0 Å². The molecule has 0 aromatic heterocycles. The lowest BCUT2D eigenvalue weighted by Gasteiger charge is -2.07. The molecule has 0 unspecified atom stereocenters. The summed E-state index contributed by atoms with van der Waals surface area (Å²) in [5.41, 5.74) is 5.92. The van der Waals surface area contributed by atoms with Crippen molar-refractivity contribution in [2.75, 3.05) is 13.7 Å². The fourth-order valence-electron chi connectivity index (χ4n) is 1.46. The highest BCUT2D eigenvalue weighted by Gasteiger charge is 2.12. The zero-order chi connectivity index (χ0) is 12.0. The van der Waals surface area contributed by atoms with E-state index in [1.807, 2.05) is 0 Å². The van der Waals surface area contributed by atoms with Crippen molar-refractivity contribution in [2.24, 2.45) is 5.73 Å². The molecule has 0 atom stereocenters. The van der Waals surface area contributed by atoms with Crippen LogP contribution in [-0.4, -0.2) is 19.4 Å². The molecule has 0 saturated carbocycles. The Hall–Kier alpha value is -1.06. The Labute approximate surface area is 101 Å². The molecule has 0 saturated heterocycles. The van der Waals surface area contributed by atoms with Crippen LogP contribution < -0.4 is 10.5 Å². The number of Topliss-reactive ketones (excluding diaryl/α,β-unsaturated/α-hetero) is 1. The fraction of sp³-hybridized carbons (Fsp3) is 0.417. The largest absolute Gasteiger partial charge is 0.496 e. The lowest BCUT2D eigenvalue weighted by Crippen LogP contribution is -2.04. The summed E-state index contributed by atoms with van der Waals surface area (Å²) in [6, 6.07) is 5.06. The van der Waals surface area contributed by atoms with E-state index in [-0.39, 0.29) is 5.78 Å². The maximum atomic E-state index is 11.9. The first-order chi connectivity index (χ1) is 7.69. The van der Waals surface area contributed by atoms with E-state index in [1.54, 1.807) is 25.3 Å². The van der Waals surface area contributed by atoms with Gasteiger partial charge >= 0.3 is 0 Å². The minimum atomic E-state index is 0.0489. The average Bonchev–Trinajstić information content (AvgIpc) is 2.29. The molecule has 88 valence electrons. The van der Waals surface area contributed by atoms with E-state index in [1.165, 1.54) is 0 Å². The smallest absolute Gasteiger partial charge is 0.166 e. The van der Waals surface area contributed by atoms with Crippen LogP contribution in [0.4, 0.5) is 0 Å². The van der Waals surface area contributed by atoms with E-state index < -0.39 is 0 Å². The van der Waals surface area contributed by atoms with Crippen LogP contribution >= 0.6 is 11.6 Å². The van der Waals surface area contributed by atoms with E-state index in [2.05, 4.69) is 0 Å². The second-order valence-corrected chi connectivity index (χ2v) is 3.95. The molecule has 0 aliphatic heterocycles. The Morgan fingerprint density at radius 2 is 2.19 bits per heavy atom. The predicted molar refractivity (Wildman–Crippen MR) is 65.2 cm³/mol. The third-order valence-electron chi connectivity index (χ3n) is 2.32. The van der Waals surface area contributed by atoms with Gasteiger partial charge in [-0.25, -0.2) is 0 Å². The first kappa shape index (κ1) is 13.0. The van der Waals surface area contributed by atoms with Crippen LogP contribution in [0.2, 0.25) is 5.02 Å². The van der Waals surface area contributed by atoms with Gasteiger partial charge in [0.05, 0.1) is 12.7 Å². The minimum Gasteiger partial charge on any atom is -0.496 e. The summed E-state index contributed by atoms with van der Waals surface area (Å²) in [6.07, 6.45) is 2.13. The molecule has 0 aliphatic carbocycles. The molecule has 0 heterocycles. The van der Waals surface area contributed by atoms with Gasteiger partial charge in [0, 0.05) is 11.4 Å². The summed E-state index contributed by atoms with van der Waals surface area (Å²) in [7, 11) is 1.54. The minimum absolute atomic E-state index is 0.0489. The molecule has 1 rings (SSSR count). The summed E-state index contributed by atoms with van der Waals surface area (Å²) in [6.45, 7) is 0.611. The van der Waals surface area contributed by atoms with Gasteiger partial charge in [0.2, 0.25) is 0 Å². The summed E-state index contributed by atoms with van der Waals surface area (Å²) >= 11 is 5.85. The number of carbonyl (C=O) groups is 1. The molecule has 2 N–H and O–H groups in total. The van der Waals surface area contributed by atoms with Gasteiger partial charge in [0.15, 0.2) is 5.78 Å². The van der Waals surface area contributed by atoms with Gasteiger partial charge in [0.1, 0.15) is 5.75 Å². The number of halogens is 1. The van der Waals surface area contributed by atoms with Crippen LogP contribution in [0.1, 0.15) is 29.6 Å². The number of ketones is 1. The van der Waals surface area contributed by atoms with Gasteiger partial charge in [0.25, 0.3) is 0 Å². The van der Waals surface area contributed by atoms with E-state index in [9.17, 15) is 4.79 Å². The highest BCUT2D eigenvalue weighted by molar-refractivity contribution is 6.31. The molecule has 0 bridgehead atoms. The van der Waals surface area contributed by atoms with Crippen LogP contribution in [0.15, 0.2) is 18.2 Å². The third-order valence-corrected chi connectivity index (χ3v) is 2.55. The van der Waals surface area contributed by atoms with Crippen LogP contribution in [-0.2, 0) is 0 Å². The molecular weight excluding hydrogens is 226 g/mol. The van der Waals surface area contributed by atoms with Crippen molar-refractivity contribution in [3.8, 4) is 5.75 Å². The van der Waals surface area contributed by atoms with Crippen molar-refractivity contribution in [3.63, 3.8) is 0 Å². The molecular formula is C12H16ClNO2. The zero-order valence-electron chi connectivity index (χ0n) is 9.33. The Kier molecular flexibility index (Phi) is 5.29. The Morgan fingerprint density at radius 3 is 2.81 bits per heavy atom. The SMILES string of the molecule is COc1ccc(Cl)cc1C(=O)CCCCN. The molecule has 0 fully saturated rings. The van der Waals surface area contributed by atoms with E-state index >= 15 is 0 Å². The first-order valence-electron chi connectivity index (χ1n) is 5.26. The summed E-state index contributed by atoms with van der Waals surface area (Å²) < 4.78 is 5.12. The molecule has 0 aliphatic rings. The number of hydrogen-bond donors (Lipinski definition) is 1. The van der Waals surface area contributed by atoms with Crippen LogP contribution in [0.3, 0.4) is 0 Å². The van der Waals surface area contributed by atoms with Gasteiger partial charge in [-0.15, -0.1) is 0 Å². The zero-order valence-corrected chi connectivity index (χ0v) is 10.1. The van der Waals surface area contributed by atoms with Crippen molar-refractivity contribution >= 4 is 17.4 Å². The monoisotopic (exact) mass is 241 g/mol. The highest BCUT2D eigenvalue weighted by Crippen LogP contribution is 2.24. The quantitative estimate of drug-likeness (QED) is 0.615. The van der Waals surface area contributed by atoms with Gasteiger partial charge in [-0.3, -0.25) is 4.79 Å². The Bertz CT molecular complexity index is 366. The third kappa shape index (κ3) is 3.51. The average molecular weight is 242 g/mol. The number of carbonyl (C=O) groups excluding carboxylic acids is 1. The van der Waals surface area contributed by atoms with Crippen LogP contribution in [0.5, 0.6) is 5.75 Å². The molecule has 3 nitrogen and oxygen atoms in total. The molecule has 4 heteroatoms. The van der Waals surface area contributed by atoms with Crippen molar-refractivity contribution < 1.29 is 9.53 Å². The number of ether oxygens (including phenoxy) is 1. The topological polar surface area (TPSA) is 52.3 Å². The normalized spacial score (nSPS) is 10.2. The molecule has 16 heavy (non-hydrogen) atoms. The second-order valence-electron chi connectivity index (χ2n) is 3.51. The molecule has 1 aromatic rings. The van der Waals surface area contributed by atoms with Gasteiger partial charge in [-0.05, 0) is 37.6 Å². The van der Waals surface area contributed by atoms with Gasteiger partial charge in [-0.2, -0.15) is 0 Å². The van der Waals surface area contributed by atoms with Crippen molar-refractivity contribution in [2.45, 2.75) is 19.3 Å². The summed E-state index contributed by atoms with van der Waals surface area (Å²) in [4.78, 5) is 11.9. The van der Waals surface area contributed by atoms with Crippen LogP contribution in [0.25, 0.3) is 0 Å². The fourth-order valence-corrected chi connectivity index (χ4v) is 1.63. The lowest BCUT2D eigenvalue weighted by molar-refractivity contribution is 0.0976. The molecule has 0 radical (unpaired) electrons. The Balaban J connectivity index is 2.76. The van der Waals surface area contributed by atoms with Crippen molar-refractivity contribution in [3.05, 3.63) is 28.8 Å². The summed E-state index contributed by atoms with van der Waals surface area (Å²) in [5, 5.41) is 0.544. The number of unbranched alkanes of at least 4 members (excludes halogenated alkanes) is 1. The van der Waals surface area contributed by atoms with Gasteiger partial charge in [-0.1, -0.05) is 11.6 Å². The maximum absolute atomic E-state index is 11.9. The van der Waals surface area contributed by atoms with E-state index in [0.717, 1.165) is 12.8 Å². The van der Waals surface area contributed by atoms with E-state index in [0.29, 0.717) is 29.3 Å². The molecule has 0 spiro atoms. The van der Waals surface area contributed by atoms with Crippen molar-refractivity contribution in [1.82, 2.24) is 0 Å². The maximum Gasteiger partial charge on any atom is 0.166 e. The van der Waals surface area contributed by atoms with E-state index in [4.69, 9.17) is 22.1 Å². The Morgan fingerprint density at radius 1 is 1.44 bits per heavy atom. The first-order valence-corrected chi connectivity index (χ1v) is 5.63. The van der Waals surface area contributed by atoms with Crippen molar-refractivity contribution in [1.29, 1.82) is 0 Å². The number of hydrogen-bond acceptors (Lipinski definition) is 3. The molecule has 0 amide bonds. The number of methoxy groups -OCH3 is 1.